The predicted octanol–water partition coefficient (Wildman–Crippen LogP) is 4.48. The lowest BCUT2D eigenvalue weighted by Crippen LogP contribution is -2.39. The van der Waals surface area contributed by atoms with Crippen molar-refractivity contribution in [2.24, 2.45) is 5.10 Å². The van der Waals surface area contributed by atoms with Gasteiger partial charge in [0.25, 0.3) is 0 Å². The Bertz CT molecular complexity index is 1400. The lowest BCUT2D eigenvalue weighted by Gasteiger charge is -2.23. The van der Waals surface area contributed by atoms with Crippen LogP contribution < -0.4 is 16.1 Å². The van der Waals surface area contributed by atoms with Gasteiger partial charge in [-0.1, -0.05) is 36.4 Å². The van der Waals surface area contributed by atoms with Gasteiger partial charge in [0.05, 0.1) is 10.6 Å². The predicted molar refractivity (Wildman–Crippen MR) is 129 cm³/mol. The van der Waals surface area contributed by atoms with Gasteiger partial charge in [0, 0.05) is 29.6 Å². The van der Waals surface area contributed by atoms with Crippen molar-refractivity contribution < 1.29 is 26.4 Å². The maximum atomic E-state index is 13.4. The minimum Gasteiger partial charge on any atom is -0.399 e. The number of nitrogen functional groups attached to an aromatic ring is 1. The van der Waals surface area contributed by atoms with Crippen LogP contribution in [0.25, 0.3) is 11.1 Å². The van der Waals surface area contributed by atoms with Gasteiger partial charge in [0.15, 0.2) is 9.84 Å². The van der Waals surface area contributed by atoms with E-state index in [1.54, 1.807) is 54.6 Å². The Labute approximate surface area is 200 Å². The number of carbonyl (C=O) groups is 1. The molecule has 1 amide bonds. The molecule has 1 aliphatic heterocycles. The first-order valence-corrected chi connectivity index (χ1v) is 12.3. The second-order valence-electron chi connectivity index (χ2n) is 8.04. The van der Waals surface area contributed by atoms with Crippen molar-refractivity contribution in [1.29, 1.82) is 0 Å². The second kappa shape index (κ2) is 9.06. The van der Waals surface area contributed by atoms with Crippen molar-refractivity contribution in [3.63, 3.8) is 0 Å². The van der Waals surface area contributed by atoms with Crippen LogP contribution in [0.4, 0.5) is 30.2 Å². The fraction of sp³-hybridized carbons (Fsp3) is 0.167. The summed E-state index contributed by atoms with van der Waals surface area (Å²) in [5.41, 5.74) is 6.72. The van der Waals surface area contributed by atoms with Crippen molar-refractivity contribution in [1.82, 2.24) is 0 Å². The summed E-state index contributed by atoms with van der Waals surface area (Å²) in [4.78, 5) is 13.2. The number of carbonyl (C=O) groups excluding carboxylic acids is 1. The molecular weight excluding hydrogens is 481 g/mol. The lowest BCUT2D eigenvalue weighted by molar-refractivity contribution is -0.117. The van der Waals surface area contributed by atoms with E-state index >= 15 is 0 Å². The lowest BCUT2D eigenvalue weighted by atomic mass is 10.1. The average Bonchev–Trinajstić information content (AvgIpc) is 3.26. The number of hydrogen-bond acceptors (Lipinski definition) is 6. The molecule has 1 heterocycles. The summed E-state index contributed by atoms with van der Waals surface area (Å²) in [6.07, 6.45) is -4.18. The molecule has 3 aromatic carbocycles. The first kappa shape index (κ1) is 24.3. The topological polar surface area (TPSA) is 105 Å². The van der Waals surface area contributed by atoms with E-state index in [1.807, 2.05) is 0 Å². The molecule has 7 nitrogen and oxygen atoms in total. The van der Waals surface area contributed by atoms with Gasteiger partial charge in [-0.15, -0.1) is 0 Å². The van der Waals surface area contributed by atoms with Crippen LogP contribution in [-0.4, -0.2) is 38.5 Å². The molecule has 0 aliphatic carbocycles. The average molecular weight is 503 g/mol. The molecule has 35 heavy (non-hydrogen) atoms. The quantitative estimate of drug-likeness (QED) is 0.501. The number of halogens is 3. The smallest absolute Gasteiger partial charge is 0.399 e. The van der Waals surface area contributed by atoms with Crippen molar-refractivity contribution >= 4 is 38.5 Å². The molecule has 0 radical (unpaired) electrons. The Kier molecular flexibility index (Phi) is 6.28. The zero-order valence-corrected chi connectivity index (χ0v) is 19.3. The Morgan fingerprint density at radius 1 is 1.06 bits per heavy atom. The fourth-order valence-corrected chi connectivity index (χ4v) is 4.69. The summed E-state index contributed by atoms with van der Waals surface area (Å²) in [6, 6.07) is 17.7. The van der Waals surface area contributed by atoms with Crippen molar-refractivity contribution in [2.75, 3.05) is 22.3 Å². The zero-order chi connectivity index (χ0) is 25.4. The molecule has 3 aromatic rings. The van der Waals surface area contributed by atoms with Gasteiger partial charge in [-0.25, -0.2) is 8.42 Å². The molecule has 0 aromatic heterocycles. The van der Waals surface area contributed by atoms with Crippen LogP contribution in [0.1, 0.15) is 6.42 Å². The van der Waals surface area contributed by atoms with Crippen LogP contribution in [-0.2, 0) is 14.6 Å². The summed E-state index contributed by atoms with van der Waals surface area (Å²) in [5.74, 6) is -0.681. The van der Waals surface area contributed by atoms with Crippen molar-refractivity contribution in [3.8, 4) is 11.1 Å². The number of benzene rings is 3. The largest absolute Gasteiger partial charge is 0.431 e. The van der Waals surface area contributed by atoms with Crippen LogP contribution in [0.15, 0.2) is 82.8 Å². The van der Waals surface area contributed by atoms with E-state index in [-0.39, 0.29) is 10.6 Å². The SMILES string of the molecule is CS(=O)(=O)c1ccccc1-c1ccc(NC(=O)C2CC(C(F)(F)F)=NN2c2cccc(N)c2)cc1. The number of nitrogens with zero attached hydrogens (tertiary/aromatic N) is 2. The molecule has 11 heteroatoms. The first-order valence-electron chi connectivity index (χ1n) is 10.4. The minimum absolute atomic E-state index is 0.164. The second-order valence-corrected chi connectivity index (χ2v) is 10.0. The van der Waals surface area contributed by atoms with E-state index in [2.05, 4.69) is 10.4 Å². The summed E-state index contributed by atoms with van der Waals surface area (Å²) in [7, 11) is -3.46. The highest BCUT2D eigenvalue weighted by atomic mass is 32.2. The number of anilines is 3. The van der Waals surface area contributed by atoms with E-state index < -0.39 is 40.1 Å². The molecule has 0 spiro atoms. The third kappa shape index (κ3) is 5.29. The van der Waals surface area contributed by atoms with E-state index in [0.717, 1.165) is 11.3 Å². The maximum absolute atomic E-state index is 13.4. The Morgan fingerprint density at radius 3 is 2.37 bits per heavy atom. The molecule has 182 valence electrons. The van der Waals surface area contributed by atoms with Gasteiger partial charge in [-0.2, -0.15) is 18.3 Å². The van der Waals surface area contributed by atoms with Gasteiger partial charge < -0.3 is 11.1 Å². The van der Waals surface area contributed by atoms with E-state index in [1.165, 1.54) is 18.2 Å². The highest BCUT2D eigenvalue weighted by molar-refractivity contribution is 7.90. The molecule has 4 rings (SSSR count). The van der Waals surface area contributed by atoms with Crippen LogP contribution in [0.5, 0.6) is 0 Å². The Morgan fingerprint density at radius 2 is 1.74 bits per heavy atom. The number of amides is 1. The van der Waals surface area contributed by atoms with Crippen LogP contribution >= 0.6 is 0 Å². The minimum atomic E-state index is -4.68. The van der Waals surface area contributed by atoms with Crippen LogP contribution in [0.3, 0.4) is 0 Å². The summed E-state index contributed by atoms with van der Waals surface area (Å²) in [5, 5.41) is 7.30. The normalized spacial score (nSPS) is 16.2. The fourth-order valence-electron chi connectivity index (χ4n) is 3.78. The molecule has 1 atom stereocenters. The molecule has 1 aliphatic rings. The van der Waals surface area contributed by atoms with E-state index in [9.17, 15) is 26.4 Å². The summed E-state index contributed by atoms with van der Waals surface area (Å²) >= 11 is 0. The number of sulfone groups is 1. The molecule has 0 saturated carbocycles. The number of alkyl halides is 3. The summed E-state index contributed by atoms with van der Waals surface area (Å²) in [6.45, 7) is 0. The molecule has 1 unspecified atom stereocenters. The van der Waals surface area contributed by atoms with Gasteiger partial charge in [-0.05, 0) is 42.0 Å². The standard InChI is InChI=1S/C24H21F3N4O3S/c1-35(33,34)21-8-3-2-7-19(21)15-9-11-17(12-10-15)29-23(32)20-14-22(24(25,26)27)30-31(20)18-6-4-5-16(28)13-18/h2-13,20H,14,28H2,1H3,(H,29,32). The van der Waals surface area contributed by atoms with Crippen molar-refractivity contribution in [3.05, 3.63) is 72.8 Å². The molecule has 3 N–H and O–H groups in total. The number of hydrogen-bond donors (Lipinski definition) is 2. The number of nitrogens with one attached hydrogen (secondary N) is 1. The number of rotatable bonds is 5. The van der Waals surface area contributed by atoms with Gasteiger partial charge in [0.1, 0.15) is 11.8 Å². The molecule has 0 saturated heterocycles. The molecule has 0 fully saturated rings. The highest BCUT2D eigenvalue weighted by Gasteiger charge is 2.45. The van der Waals surface area contributed by atoms with Gasteiger partial charge in [-0.3, -0.25) is 9.80 Å². The third-order valence-corrected chi connectivity index (χ3v) is 6.58. The maximum Gasteiger partial charge on any atom is 0.431 e. The third-order valence-electron chi connectivity index (χ3n) is 5.42. The summed E-state index contributed by atoms with van der Waals surface area (Å²) < 4.78 is 64.3. The molecular formula is C24H21F3N4O3S. The Hall–Kier alpha value is -3.86. The number of hydrazone groups is 1. The first-order chi connectivity index (χ1) is 16.4. The highest BCUT2D eigenvalue weighted by Crippen LogP contribution is 2.33. The zero-order valence-electron chi connectivity index (χ0n) is 18.5. The van der Waals surface area contributed by atoms with Gasteiger partial charge >= 0.3 is 6.18 Å². The van der Waals surface area contributed by atoms with Crippen LogP contribution in [0.2, 0.25) is 0 Å². The van der Waals surface area contributed by atoms with E-state index in [0.29, 0.717) is 22.5 Å². The monoisotopic (exact) mass is 502 g/mol. The van der Waals surface area contributed by atoms with Gasteiger partial charge in [0.2, 0.25) is 5.91 Å². The van der Waals surface area contributed by atoms with Crippen molar-refractivity contribution in [2.45, 2.75) is 23.5 Å². The molecule has 0 bridgehead atoms. The van der Waals surface area contributed by atoms with Crippen LogP contribution in [0, 0.1) is 0 Å². The Balaban J connectivity index is 1.58. The van der Waals surface area contributed by atoms with E-state index in [4.69, 9.17) is 5.73 Å². The number of nitrogens with two attached hydrogens (primary N) is 1.